The molecule has 22 heavy (non-hydrogen) atoms. The number of benzene rings is 1. The molecule has 3 atom stereocenters. The average Bonchev–Trinajstić information content (AvgIpc) is 3.20. The van der Waals surface area contributed by atoms with E-state index in [1.54, 1.807) is 11.1 Å². The largest absolute Gasteiger partial charge is 0.469 e. The van der Waals surface area contributed by atoms with E-state index in [0.717, 1.165) is 5.76 Å². The van der Waals surface area contributed by atoms with Crippen LogP contribution in [-0.4, -0.2) is 6.04 Å². The number of furan rings is 1. The lowest BCUT2D eigenvalue weighted by Crippen LogP contribution is -2.35. The van der Waals surface area contributed by atoms with Crippen molar-refractivity contribution in [2.75, 3.05) is 5.32 Å². The number of allylic oxidation sites excluding steroid dienone is 1. The number of hydrogen-bond donors (Lipinski definition) is 1. The maximum absolute atomic E-state index is 5.85. The number of nitrogens with one attached hydrogen (secondary N) is 1. The Morgan fingerprint density at radius 1 is 1.00 bits per heavy atom. The molecule has 0 bridgehead atoms. The number of hydrogen-bond acceptors (Lipinski definition) is 2. The summed E-state index contributed by atoms with van der Waals surface area (Å²) in [6.45, 7) is 0. The number of rotatable bonds is 1. The van der Waals surface area contributed by atoms with Gasteiger partial charge in [-0.15, -0.1) is 0 Å². The van der Waals surface area contributed by atoms with Gasteiger partial charge in [-0.1, -0.05) is 29.3 Å². The third-order valence-electron chi connectivity index (χ3n) is 5.80. The smallest absolute Gasteiger partial charge is 0.112 e. The maximum atomic E-state index is 5.85. The highest BCUT2D eigenvalue weighted by Gasteiger charge is 2.45. The highest BCUT2D eigenvalue weighted by atomic mass is 16.3. The fraction of sp³-hybridized carbons (Fsp3) is 0.400. The van der Waals surface area contributed by atoms with Crippen molar-refractivity contribution < 1.29 is 4.42 Å². The minimum Gasteiger partial charge on any atom is -0.469 e. The molecule has 1 N–H and O–H groups in total. The minimum atomic E-state index is 0.413. The van der Waals surface area contributed by atoms with Gasteiger partial charge in [0.2, 0.25) is 0 Å². The van der Waals surface area contributed by atoms with E-state index in [2.05, 4.69) is 35.6 Å². The second kappa shape index (κ2) is 4.77. The van der Waals surface area contributed by atoms with Crippen LogP contribution < -0.4 is 5.32 Å². The molecule has 2 aromatic rings. The quantitative estimate of drug-likeness (QED) is 0.729. The van der Waals surface area contributed by atoms with Crippen molar-refractivity contribution in [3.8, 4) is 0 Å². The summed E-state index contributed by atoms with van der Waals surface area (Å²) in [4.78, 5) is 0. The number of anilines is 1. The molecule has 1 aromatic heterocycles. The molecule has 3 aliphatic rings. The van der Waals surface area contributed by atoms with Gasteiger partial charge in [0.15, 0.2) is 0 Å². The fourth-order valence-electron chi connectivity index (χ4n) is 4.88. The SMILES string of the molecule is c1coc([C@H]2C3=C(CCCC3)C[C@@H]3c4ccccc4N[C@@H]32)c1. The van der Waals surface area contributed by atoms with E-state index in [1.165, 1.54) is 43.4 Å². The standard InChI is InChI=1S/C20H21NO/c1-2-7-14-13(6-1)12-16-15-8-3-4-9-17(15)21-20(16)19(14)18-10-5-11-22-18/h3-5,8-11,16,19-21H,1-2,6-7,12H2/t16-,19-,20+/m1/s1. The molecule has 0 fully saturated rings. The van der Waals surface area contributed by atoms with Crippen molar-refractivity contribution in [1.29, 1.82) is 0 Å². The van der Waals surface area contributed by atoms with Gasteiger partial charge in [-0.05, 0) is 55.9 Å². The molecule has 0 amide bonds. The molecular weight excluding hydrogens is 270 g/mol. The maximum Gasteiger partial charge on any atom is 0.112 e. The Morgan fingerprint density at radius 3 is 2.82 bits per heavy atom. The van der Waals surface area contributed by atoms with Gasteiger partial charge < -0.3 is 9.73 Å². The van der Waals surface area contributed by atoms with Crippen LogP contribution in [0.4, 0.5) is 5.69 Å². The molecule has 1 aromatic carbocycles. The van der Waals surface area contributed by atoms with Crippen molar-refractivity contribution in [2.45, 2.75) is 50.0 Å². The number of para-hydroxylation sites is 1. The monoisotopic (exact) mass is 291 g/mol. The predicted molar refractivity (Wildman–Crippen MR) is 88.2 cm³/mol. The highest BCUT2D eigenvalue weighted by molar-refractivity contribution is 5.62. The topological polar surface area (TPSA) is 25.2 Å². The Morgan fingerprint density at radius 2 is 1.91 bits per heavy atom. The van der Waals surface area contributed by atoms with Crippen molar-refractivity contribution >= 4 is 5.69 Å². The van der Waals surface area contributed by atoms with Crippen LogP contribution in [0.1, 0.15) is 55.3 Å². The zero-order valence-corrected chi connectivity index (χ0v) is 12.7. The lowest BCUT2D eigenvalue weighted by atomic mass is 9.67. The summed E-state index contributed by atoms with van der Waals surface area (Å²) in [7, 11) is 0. The van der Waals surface area contributed by atoms with Crippen molar-refractivity contribution in [3.63, 3.8) is 0 Å². The van der Waals surface area contributed by atoms with Gasteiger partial charge in [0.1, 0.15) is 5.76 Å². The van der Waals surface area contributed by atoms with E-state index in [4.69, 9.17) is 4.42 Å². The Labute approximate surface area is 131 Å². The summed E-state index contributed by atoms with van der Waals surface area (Å²) in [6.07, 6.45) is 8.29. The summed E-state index contributed by atoms with van der Waals surface area (Å²) in [5, 5.41) is 3.81. The molecule has 0 saturated heterocycles. The summed E-state index contributed by atoms with van der Waals surface area (Å²) in [6, 6.07) is 13.5. The molecule has 112 valence electrons. The van der Waals surface area contributed by atoms with E-state index in [1.807, 2.05) is 12.3 Å². The zero-order chi connectivity index (χ0) is 14.5. The van der Waals surface area contributed by atoms with Gasteiger partial charge in [0, 0.05) is 17.6 Å². The fourth-order valence-corrected chi connectivity index (χ4v) is 4.88. The molecule has 5 rings (SSSR count). The second-order valence-electron chi connectivity index (χ2n) is 6.90. The zero-order valence-electron chi connectivity index (χ0n) is 12.7. The second-order valence-corrected chi connectivity index (χ2v) is 6.90. The molecule has 1 aliphatic heterocycles. The summed E-state index contributed by atoms with van der Waals surface area (Å²) < 4.78 is 5.85. The van der Waals surface area contributed by atoms with E-state index in [0.29, 0.717) is 17.9 Å². The Balaban J connectivity index is 1.65. The van der Waals surface area contributed by atoms with Crippen LogP contribution in [0.2, 0.25) is 0 Å². The molecule has 2 aliphatic carbocycles. The van der Waals surface area contributed by atoms with Crippen LogP contribution in [0.25, 0.3) is 0 Å². The normalized spacial score (nSPS) is 29.5. The summed E-state index contributed by atoms with van der Waals surface area (Å²) >= 11 is 0. The van der Waals surface area contributed by atoms with Crippen molar-refractivity contribution in [2.24, 2.45) is 0 Å². The molecule has 2 heteroatoms. The first-order chi connectivity index (χ1) is 10.9. The molecule has 0 saturated carbocycles. The third kappa shape index (κ3) is 1.73. The Bertz CT molecular complexity index is 728. The molecule has 0 unspecified atom stereocenters. The van der Waals surface area contributed by atoms with Crippen LogP contribution in [0.15, 0.2) is 58.2 Å². The van der Waals surface area contributed by atoms with Gasteiger partial charge in [0.05, 0.1) is 12.2 Å². The van der Waals surface area contributed by atoms with Crippen LogP contribution in [-0.2, 0) is 0 Å². The summed E-state index contributed by atoms with van der Waals surface area (Å²) in [5.41, 5.74) is 6.21. The van der Waals surface area contributed by atoms with Crippen molar-refractivity contribution in [1.82, 2.24) is 0 Å². The van der Waals surface area contributed by atoms with Crippen LogP contribution in [0.5, 0.6) is 0 Å². The highest BCUT2D eigenvalue weighted by Crippen LogP contribution is 2.54. The van der Waals surface area contributed by atoms with E-state index in [-0.39, 0.29) is 0 Å². The molecule has 0 spiro atoms. The van der Waals surface area contributed by atoms with Crippen LogP contribution in [0, 0.1) is 0 Å². The molecule has 0 radical (unpaired) electrons. The third-order valence-corrected chi connectivity index (χ3v) is 5.80. The predicted octanol–water partition coefficient (Wildman–Crippen LogP) is 5.22. The Hall–Kier alpha value is -1.96. The van der Waals surface area contributed by atoms with Gasteiger partial charge in [0.25, 0.3) is 0 Å². The minimum absolute atomic E-state index is 0.413. The van der Waals surface area contributed by atoms with Gasteiger partial charge >= 0.3 is 0 Å². The summed E-state index contributed by atoms with van der Waals surface area (Å²) in [5.74, 6) is 2.16. The average molecular weight is 291 g/mol. The van der Waals surface area contributed by atoms with E-state index >= 15 is 0 Å². The van der Waals surface area contributed by atoms with Gasteiger partial charge in [-0.3, -0.25) is 0 Å². The lowest BCUT2D eigenvalue weighted by molar-refractivity contribution is 0.390. The first-order valence-electron chi connectivity index (χ1n) is 8.51. The molecule has 2 nitrogen and oxygen atoms in total. The molecular formula is C20H21NO. The van der Waals surface area contributed by atoms with Gasteiger partial charge in [-0.25, -0.2) is 0 Å². The van der Waals surface area contributed by atoms with Crippen molar-refractivity contribution in [3.05, 3.63) is 65.1 Å². The number of fused-ring (bicyclic) bond motifs is 3. The van der Waals surface area contributed by atoms with Crippen LogP contribution >= 0.6 is 0 Å². The van der Waals surface area contributed by atoms with E-state index in [9.17, 15) is 0 Å². The Kier molecular flexibility index (Phi) is 2.73. The van der Waals surface area contributed by atoms with E-state index < -0.39 is 0 Å². The van der Waals surface area contributed by atoms with Crippen LogP contribution in [0.3, 0.4) is 0 Å². The van der Waals surface area contributed by atoms with Gasteiger partial charge in [-0.2, -0.15) is 0 Å². The lowest BCUT2D eigenvalue weighted by Gasteiger charge is -2.39. The first-order valence-corrected chi connectivity index (χ1v) is 8.51. The first kappa shape index (κ1) is 12.6. The molecule has 2 heterocycles.